The number of rotatable bonds is 2. The van der Waals surface area contributed by atoms with E-state index in [1.54, 1.807) is 12.7 Å². The van der Waals surface area contributed by atoms with Crippen LogP contribution in [0.15, 0.2) is 41.1 Å². The Morgan fingerprint density at radius 3 is 2.63 bits per heavy atom. The molecule has 0 N–H and O–H groups in total. The van der Waals surface area contributed by atoms with Gasteiger partial charge in [-0.2, -0.15) is 0 Å². The molecule has 2 heteroatoms. The molecule has 0 spiro atoms. The van der Waals surface area contributed by atoms with E-state index in [4.69, 9.17) is 10.1 Å². The van der Waals surface area contributed by atoms with Gasteiger partial charge in [-0.05, 0) is 61.4 Å². The predicted octanol–water partition coefficient (Wildman–Crippen LogP) is 3.91. The molecule has 1 aliphatic heterocycles. The topological polar surface area (TPSA) is 23.3 Å². The molecule has 1 aromatic carbocycles. The highest BCUT2D eigenvalue weighted by atomic mass is 16.5. The monoisotopic (exact) mass is 254 g/mol. The van der Waals surface area contributed by atoms with E-state index >= 15 is 0 Å². The second-order valence-electron chi connectivity index (χ2n) is 5.22. The molecule has 0 saturated heterocycles. The van der Waals surface area contributed by atoms with E-state index in [1.807, 2.05) is 12.1 Å². The molecule has 0 atom stereocenters. The maximum Gasteiger partial charge on any atom is 0.118 e. The van der Waals surface area contributed by atoms with Crippen molar-refractivity contribution >= 4 is 6.08 Å². The Balaban J connectivity index is 1.88. The van der Waals surface area contributed by atoms with Crippen LogP contribution < -0.4 is 10.1 Å². The Kier molecular flexibility index (Phi) is 3.58. The van der Waals surface area contributed by atoms with Gasteiger partial charge in [0.1, 0.15) is 5.75 Å². The molecule has 2 aliphatic rings. The quantitative estimate of drug-likeness (QED) is 0.784. The van der Waals surface area contributed by atoms with E-state index in [0.717, 1.165) is 12.3 Å². The zero-order valence-electron chi connectivity index (χ0n) is 11.5. The summed E-state index contributed by atoms with van der Waals surface area (Å²) in [5.74, 6) is 0.903. The number of hydrogen-bond acceptors (Lipinski definition) is 1. The Morgan fingerprint density at radius 1 is 1.05 bits per heavy atom. The summed E-state index contributed by atoms with van der Waals surface area (Å²) in [7, 11) is 1.70. The maximum atomic E-state index is 5.19. The van der Waals surface area contributed by atoms with Gasteiger partial charge in [-0.25, -0.2) is 0 Å². The number of ether oxygens (including phenoxy) is 1. The SMILES string of the molecule is COc1ccc(/C=C2\[N]CCC3=C2CCCC3)cc1. The molecule has 1 heterocycles. The Labute approximate surface area is 115 Å². The van der Waals surface area contributed by atoms with Gasteiger partial charge in [0.05, 0.1) is 12.8 Å². The third kappa shape index (κ3) is 2.67. The minimum absolute atomic E-state index is 0.903. The second kappa shape index (κ2) is 5.52. The van der Waals surface area contributed by atoms with Crippen LogP contribution in [0.3, 0.4) is 0 Å². The van der Waals surface area contributed by atoms with Gasteiger partial charge in [0.2, 0.25) is 0 Å². The van der Waals surface area contributed by atoms with E-state index < -0.39 is 0 Å². The molecular formula is C17H20NO. The first-order valence-electron chi connectivity index (χ1n) is 7.11. The number of benzene rings is 1. The third-order valence-corrected chi connectivity index (χ3v) is 4.01. The normalized spacial score (nSPS) is 21.0. The summed E-state index contributed by atoms with van der Waals surface area (Å²) in [5.41, 5.74) is 5.60. The maximum absolute atomic E-state index is 5.19. The lowest BCUT2D eigenvalue weighted by Gasteiger charge is -2.27. The number of methoxy groups -OCH3 is 1. The smallest absolute Gasteiger partial charge is 0.118 e. The minimum Gasteiger partial charge on any atom is -0.497 e. The van der Waals surface area contributed by atoms with Crippen molar-refractivity contribution < 1.29 is 4.74 Å². The zero-order chi connectivity index (χ0) is 13.1. The summed E-state index contributed by atoms with van der Waals surface area (Å²) in [6.45, 7) is 0.959. The van der Waals surface area contributed by atoms with Gasteiger partial charge in [0.25, 0.3) is 0 Å². The highest BCUT2D eigenvalue weighted by Gasteiger charge is 2.20. The van der Waals surface area contributed by atoms with Gasteiger partial charge in [0, 0.05) is 6.54 Å². The van der Waals surface area contributed by atoms with E-state index in [9.17, 15) is 0 Å². The van der Waals surface area contributed by atoms with Gasteiger partial charge in [-0.1, -0.05) is 17.7 Å². The molecular weight excluding hydrogens is 234 g/mol. The van der Waals surface area contributed by atoms with Crippen LogP contribution in [-0.4, -0.2) is 13.7 Å². The molecule has 2 nitrogen and oxygen atoms in total. The van der Waals surface area contributed by atoms with Gasteiger partial charge >= 0.3 is 0 Å². The van der Waals surface area contributed by atoms with Crippen molar-refractivity contribution in [1.29, 1.82) is 0 Å². The molecule has 0 aromatic heterocycles. The predicted molar refractivity (Wildman–Crippen MR) is 78.1 cm³/mol. The van der Waals surface area contributed by atoms with Crippen LogP contribution in [0.25, 0.3) is 6.08 Å². The van der Waals surface area contributed by atoms with Crippen LogP contribution in [0.5, 0.6) is 5.75 Å². The standard InChI is InChI=1S/C17H20NO/c1-19-15-8-6-13(7-9-15)12-17-16-5-3-2-4-14(16)10-11-18-17/h6-9,12H,2-5,10-11H2,1H3/b17-12-. The minimum atomic E-state index is 0.903. The summed E-state index contributed by atoms with van der Waals surface area (Å²) in [4.78, 5) is 0. The molecule has 99 valence electrons. The number of nitrogens with zero attached hydrogens (tertiary/aromatic N) is 1. The molecule has 0 fully saturated rings. The van der Waals surface area contributed by atoms with Crippen LogP contribution >= 0.6 is 0 Å². The Bertz CT molecular complexity index is 507. The molecule has 0 bridgehead atoms. The number of hydrogen-bond donors (Lipinski definition) is 0. The van der Waals surface area contributed by atoms with Crippen LogP contribution in [0.4, 0.5) is 0 Å². The summed E-state index contributed by atoms with van der Waals surface area (Å²) < 4.78 is 5.19. The van der Waals surface area contributed by atoms with Gasteiger partial charge < -0.3 is 4.74 Å². The molecule has 0 unspecified atom stereocenters. The first-order chi connectivity index (χ1) is 9.36. The first-order valence-corrected chi connectivity index (χ1v) is 7.11. The number of allylic oxidation sites excluding steroid dienone is 1. The summed E-state index contributed by atoms with van der Waals surface area (Å²) in [5, 5.41) is 4.72. The molecule has 0 amide bonds. The van der Waals surface area contributed by atoms with Crippen LogP contribution in [-0.2, 0) is 0 Å². The highest BCUT2D eigenvalue weighted by molar-refractivity contribution is 5.60. The fraction of sp³-hybridized carbons (Fsp3) is 0.412. The lowest BCUT2D eigenvalue weighted by Crippen LogP contribution is -2.19. The summed E-state index contributed by atoms with van der Waals surface area (Å²) in [6.07, 6.45) is 8.56. The van der Waals surface area contributed by atoms with Crippen LogP contribution in [0.2, 0.25) is 0 Å². The van der Waals surface area contributed by atoms with Crippen molar-refractivity contribution in [2.75, 3.05) is 13.7 Å². The van der Waals surface area contributed by atoms with Crippen LogP contribution in [0, 0.1) is 0 Å². The van der Waals surface area contributed by atoms with E-state index in [-0.39, 0.29) is 0 Å². The lowest BCUT2D eigenvalue weighted by molar-refractivity contribution is 0.415. The fourth-order valence-corrected chi connectivity index (χ4v) is 2.95. The van der Waals surface area contributed by atoms with Crippen molar-refractivity contribution in [2.45, 2.75) is 32.1 Å². The largest absolute Gasteiger partial charge is 0.497 e. The molecule has 1 aromatic rings. The zero-order valence-corrected chi connectivity index (χ0v) is 11.5. The first kappa shape index (κ1) is 12.3. The molecule has 19 heavy (non-hydrogen) atoms. The second-order valence-corrected chi connectivity index (χ2v) is 5.22. The van der Waals surface area contributed by atoms with Crippen LogP contribution in [0.1, 0.15) is 37.7 Å². The average molecular weight is 254 g/mol. The van der Waals surface area contributed by atoms with E-state index in [0.29, 0.717) is 0 Å². The van der Waals surface area contributed by atoms with Gasteiger partial charge in [-0.3, -0.25) is 5.32 Å². The summed E-state index contributed by atoms with van der Waals surface area (Å²) >= 11 is 0. The Morgan fingerprint density at radius 2 is 1.84 bits per heavy atom. The van der Waals surface area contributed by atoms with Gasteiger partial charge in [-0.15, -0.1) is 0 Å². The molecule has 1 radical (unpaired) electrons. The van der Waals surface area contributed by atoms with Gasteiger partial charge in [0.15, 0.2) is 0 Å². The molecule has 1 aliphatic carbocycles. The molecule has 3 rings (SSSR count). The Hall–Kier alpha value is -1.70. The molecule has 0 saturated carbocycles. The fourth-order valence-electron chi connectivity index (χ4n) is 2.95. The average Bonchev–Trinajstić information content (AvgIpc) is 2.48. The van der Waals surface area contributed by atoms with Crippen molar-refractivity contribution in [3.63, 3.8) is 0 Å². The summed E-state index contributed by atoms with van der Waals surface area (Å²) in [6, 6.07) is 8.20. The van der Waals surface area contributed by atoms with E-state index in [1.165, 1.54) is 48.9 Å². The van der Waals surface area contributed by atoms with Crippen molar-refractivity contribution in [3.05, 3.63) is 46.7 Å². The van der Waals surface area contributed by atoms with Crippen molar-refractivity contribution in [3.8, 4) is 5.75 Å². The van der Waals surface area contributed by atoms with Crippen molar-refractivity contribution in [2.24, 2.45) is 0 Å². The highest BCUT2D eigenvalue weighted by Crippen LogP contribution is 2.34. The van der Waals surface area contributed by atoms with Crippen molar-refractivity contribution in [1.82, 2.24) is 5.32 Å². The third-order valence-electron chi connectivity index (χ3n) is 4.01. The van der Waals surface area contributed by atoms with E-state index in [2.05, 4.69) is 18.2 Å². The lowest BCUT2D eigenvalue weighted by atomic mass is 9.85.